The van der Waals surface area contributed by atoms with E-state index in [-0.39, 0.29) is 6.61 Å². The molecule has 1 aromatic rings. The van der Waals surface area contributed by atoms with Crippen molar-refractivity contribution in [2.45, 2.75) is 6.10 Å². The predicted molar refractivity (Wildman–Crippen MR) is 52.7 cm³/mol. The predicted octanol–water partition coefficient (Wildman–Crippen LogP) is 1.48. The van der Waals surface area contributed by atoms with Gasteiger partial charge in [0.25, 0.3) is 0 Å². The van der Waals surface area contributed by atoms with Crippen molar-refractivity contribution in [3.63, 3.8) is 0 Å². The average molecular weight is 247 g/mol. The van der Waals surface area contributed by atoms with Gasteiger partial charge in [-0.3, -0.25) is 0 Å². The minimum Gasteiger partial charge on any atom is -0.497 e. The molecule has 0 aromatic heterocycles. The summed E-state index contributed by atoms with van der Waals surface area (Å²) in [6, 6.07) is 5.19. The van der Waals surface area contributed by atoms with Crippen molar-refractivity contribution in [2.75, 3.05) is 13.7 Å². The fraction of sp³-hybridized carbons (Fsp3) is 0.333. The molecule has 1 rings (SSSR count). The van der Waals surface area contributed by atoms with Gasteiger partial charge in [0.15, 0.2) is 0 Å². The van der Waals surface area contributed by atoms with Crippen LogP contribution in [0.2, 0.25) is 0 Å². The molecule has 0 bridgehead atoms. The molecule has 0 aliphatic rings. The minimum atomic E-state index is -0.847. The maximum atomic E-state index is 9.35. The Kier molecular flexibility index (Phi) is 3.71. The Balaban J connectivity index is 2.98. The summed E-state index contributed by atoms with van der Waals surface area (Å²) in [6.45, 7) is -0.287. The molecule has 72 valence electrons. The Labute approximate surface area is 85.1 Å². The highest BCUT2D eigenvalue weighted by Crippen LogP contribution is 2.27. The topological polar surface area (TPSA) is 49.7 Å². The number of hydrogen-bond acceptors (Lipinski definition) is 3. The summed E-state index contributed by atoms with van der Waals surface area (Å²) in [7, 11) is 1.57. The van der Waals surface area contributed by atoms with E-state index in [1.54, 1.807) is 25.3 Å². The number of aliphatic hydroxyl groups is 2. The van der Waals surface area contributed by atoms with Crippen molar-refractivity contribution in [1.29, 1.82) is 0 Å². The Morgan fingerprint density at radius 2 is 2.23 bits per heavy atom. The fourth-order valence-corrected chi connectivity index (χ4v) is 1.63. The molecule has 2 N–H and O–H groups in total. The van der Waals surface area contributed by atoms with Crippen LogP contribution in [0.3, 0.4) is 0 Å². The fourth-order valence-electron chi connectivity index (χ4n) is 1.00. The molecule has 0 aliphatic heterocycles. The zero-order chi connectivity index (χ0) is 9.84. The number of methoxy groups -OCH3 is 1. The normalized spacial score (nSPS) is 12.6. The molecule has 3 nitrogen and oxygen atoms in total. The third-order valence-corrected chi connectivity index (χ3v) is 2.43. The molecular weight excluding hydrogens is 236 g/mol. The number of ether oxygens (including phenoxy) is 1. The molecule has 0 fully saturated rings. The first kappa shape index (κ1) is 10.5. The molecule has 0 amide bonds. The van der Waals surface area contributed by atoms with E-state index in [9.17, 15) is 5.11 Å². The van der Waals surface area contributed by atoms with Crippen LogP contribution in [0.5, 0.6) is 5.75 Å². The molecule has 0 aliphatic carbocycles. The summed E-state index contributed by atoms with van der Waals surface area (Å²) < 4.78 is 5.72. The van der Waals surface area contributed by atoms with Gasteiger partial charge >= 0.3 is 0 Å². The van der Waals surface area contributed by atoms with E-state index in [1.807, 2.05) is 0 Å². The molecule has 0 heterocycles. The summed E-state index contributed by atoms with van der Waals surface area (Å²) in [6.07, 6.45) is -0.847. The highest BCUT2D eigenvalue weighted by atomic mass is 79.9. The first-order chi connectivity index (χ1) is 6.19. The van der Waals surface area contributed by atoms with E-state index in [4.69, 9.17) is 9.84 Å². The van der Waals surface area contributed by atoms with Crippen molar-refractivity contribution in [2.24, 2.45) is 0 Å². The maximum Gasteiger partial charge on any atom is 0.120 e. The lowest BCUT2D eigenvalue weighted by Crippen LogP contribution is -2.03. The second-order valence-corrected chi connectivity index (χ2v) is 3.44. The third-order valence-electron chi connectivity index (χ3n) is 1.74. The van der Waals surface area contributed by atoms with Crippen LogP contribution in [-0.4, -0.2) is 23.9 Å². The average Bonchev–Trinajstić information content (AvgIpc) is 2.16. The van der Waals surface area contributed by atoms with Crippen molar-refractivity contribution in [1.82, 2.24) is 0 Å². The standard InChI is InChI=1S/C9H11BrO3/c1-13-6-2-3-7(8(10)4-6)9(12)5-11/h2-4,9,11-12H,5H2,1H3. The van der Waals surface area contributed by atoms with Crippen LogP contribution >= 0.6 is 15.9 Å². The number of rotatable bonds is 3. The van der Waals surface area contributed by atoms with Crippen LogP contribution in [0.4, 0.5) is 0 Å². The number of hydrogen-bond donors (Lipinski definition) is 2. The van der Waals surface area contributed by atoms with Gasteiger partial charge in [0, 0.05) is 4.47 Å². The van der Waals surface area contributed by atoms with E-state index < -0.39 is 6.10 Å². The summed E-state index contributed by atoms with van der Waals surface area (Å²) in [5, 5.41) is 18.1. The quantitative estimate of drug-likeness (QED) is 0.850. The smallest absolute Gasteiger partial charge is 0.120 e. The number of aliphatic hydroxyl groups excluding tert-OH is 2. The highest BCUT2D eigenvalue weighted by molar-refractivity contribution is 9.10. The molecule has 1 aromatic carbocycles. The van der Waals surface area contributed by atoms with E-state index in [1.165, 1.54) is 0 Å². The van der Waals surface area contributed by atoms with Crippen LogP contribution < -0.4 is 4.74 Å². The van der Waals surface area contributed by atoms with Gasteiger partial charge in [-0.2, -0.15) is 0 Å². The van der Waals surface area contributed by atoms with Crippen LogP contribution in [-0.2, 0) is 0 Å². The van der Waals surface area contributed by atoms with Crippen LogP contribution in [0.1, 0.15) is 11.7 Å². The molecule has 4 heteroatoms. The van der Waals surface area contributed by atoms with Crippen LogP contribution in [0.25, 0.3) is 0 Å². The summed E-state index contributed by atoms with van der Waals surface area (Å²) in [5.74, 6) is 0.709. The minimum absolute atomic E-state index is 0.287. The molecule has 0 radical (unpaired) electrons. The highest BCUT2D eigenvalue weighted by Gasteiger charge is 2.10. The van der Waals surface area contributed by atoms with Gasteiger partial charge in [-0.15, -0.1) is 0 Å². The second kappa shape index (κ2) is 4.60. The van der Waals surface area contributed by atoms with Crippen molar-refractivity contribution in [3.8, 4) is 5.75 Å². The van der Waals surface area contributed by atoms with Gasteiger partial charge in [0.2, 0.25) is 0 Å². The van der Waals surface area contributed by atoms with Gasteiger partial charge in [0.1, 0.15) is 11.9 Å². The van der Waals surface area contributed by atoms with Crippen LogP contribution in [0.15, 0.2) is 22.7 Å². The summed E-state index contributed by atoms with van der Waals surface area (Å²) >= 11 is 3.28. The van der Waals surface area contributed by atoms with Crippen molar-refractivity contribution in [3.05, 3.63) is 28.2 Å². The number of halogens is 1. The maximum absolute atomic E-state index is 9.35. The lowest BCUT2D eigenvalue weighted by molar-refractivity contribution is 0.0950. The van der Waals surface area contributed by atoms with Crippen molar-refractivity contribution < 1.29 is 14.9 Å². The van der Waals surface area contributed by atoms with E-state index in [2.05, 4.69) is 15.9 Å². The lowest BCUT2D eigenvalue weighted by atomic mass is 10.1. The Morgan fingerprint density at radius 1 is 1.54 bits per heavy atom. The molecular formula is C9H11BrO3. The van der Waals surface area contributed by atoms with Crippen molar-refractivity contribution >= 4 is 15.9 Å². The van der Waals surface area contributed by atoms with E-state index in [0.717, 1.165) is 4.47 Å². The zero-order valence-electron chi connectivity index (χ0n) is 7.20. The van der Waals surface area contributed by atoms with Gasteiger partial charge in [0.05, 0.1) is 13.7 Å². The second-order valence-electron chi connectivity index (χ2n) is 2.59. The first-order valence-corrected chi connectivity index (χ1v) is 4.60. The van der Waals surface area contributed by atoms with E-state index in [0.29, 0.717) is 11.3 Å². The molecule has 0 saturated heterocycles. The zero-order valence-corrected chi connectivity index (χ0v) is 8.78. The lowest BCUT2D eigenvalue weighted by Gasteiger charge is -2.10. The monoisotopic (exact) mass is 246 g/mol. The molecule has 13 heavy (non-hydrogen) atoms. The van der Waals surface area contributed by atoms with Crippen LogP contribution in [0, 0.1) is 0 Å². The third kappa shape index (κ3) is 2.43. The summed E-state index contributed by atoms with van der Waals surface area (Å²) in [5.41, 5.74) is 0.656. The molecule has 0 saturated carbocycles. The largest absolute Gasteiger partial charge is 0.497 e. The Bertz CT molecular complexity index is 288. The van der Waals surface area contributed by atoms with Gasteiger partial charge in [-0.05, 0) is 17.7 Å². The van der Waals surface area contributed by atoms with Gasteiger partial charge < -0.3 is 14.9 Å². The summed E-state index contributed by atoms with van der Waals surface area (Å²) in [4.78, 5) is 0. The van der Waals surface area contributed by atoms with Gasteiger partial charge in [-0.1, -0.05) is 22.0 Å². The molecule has 0 spiro atoms. The molecule has 1 atom stereocenters. The molecule has 1 unspecified atom stereocenters. The Morgan fingerprint density at radius 3 is 2.69 bits per heavy atom. The first-order valence-electron chi connectivity index (χ1n) is 3.81. The Hall–Kier alpha value is -0.580. The number of benzene rings is 1. The SMILES string of the molecule is COc1ccc(C(O)CO)c(Br)c1. The van der Waals surface area contributed by atoms with E-state index >= 15 is 0 Å². The van der Waals surface area contributed by atoms with Gasteiger partial charge in [-0.25, -0.2) is 0 Å².